The molecule has 0 saturated carbocycles. The molecule has 110 valence electrons. The van der Waals surface area contributed by atoms with Gasteiger partial charge in [0.2, 0.25) is 0 Å². The molecule has 3 nitrogen and oxygen atoms in total. The van der Waals surface area contributed by atoms with Gasteiger partial charge < -0.3 is 10.4 Å². The minimum absolute atomic E-state index is 0.198. The van der Waals surface area contributed by atoms with Crippen LogP contribution in [0.4, 0.5) is 4.39 Å². The van der Waals surface area contributed by atoms with Crippen LogP contribution in [0.1, 0.15) is 17.2 Å². The molecule has 0 fully saturated rings. The smallest absolute Gasteiger partial charge is 0.253 e. The van der Waals surface area contributed by atoms with Crippen LogP contribution in [-0.4, -0.2) is 17.6 Å². The number of amides is 1. The Morgan fingerprint density at radius 1 is 1.19 bits per heavy atom. The molecule has 2 aromatic rings. The highest BCUT2D eigenvalue weighted by atomic mass is 35.5. The largest absolute Gasteiger partial charge is 0.378 e. The minimum atomic E-state index is -1.23. The van der Waals surface area contributed by atoms with E-state index in [0.717, 1.165) is 0 Å². The number of halogens is 2. The normalized spacial score (nSPS) is 12.0. The van der Waals surface area contributed by atoms with Crippen LogP contribution in [0.5, 0.6) is 0 Å². The first-order chi connectivity index (χ1) is 10.1. The van der Waals surface area contributed by atoms with Crippen molar-refractivity contribution in [2.24, 2.45) is 0 Å². The third-order valence-electron chi connectivity index (χ3n) is 3.10. The number of carbonyl (C=O) groups is 1. The van der Waals surface area contributed by atoms with Gasteiger partial charge in [-0.1, -0.05) is 48.0 Å². The van der Waals surface area contributed by atoms with Crippen LogP contribution in [0.2, 0.25) is 5.02 Å². The number of aliphatic hydroxyl groups is 1. The van der Waals surface area contributed by atoms with Crippen molar-refractivity contribution >= 4 is 17.5 Å². The molecule has 2 N–H and O–H groups in total. The molecule has 0 aliphatic rings. The number of aliphatic hydroxyl groups excluding tert-OH is 1. The third-order valence-corrected chi connectivity index (χ3v) is 3.45. The number of nitrogens with one attached hydrogen (secondary N) is 1. The van der Waals surface area contributed by atoms with Gasteiger partial charge in [-0.15, -0.1) is 0 Å². The molecule has 2 rings (SSSR count). The van der Waals surface area contributed by atoms with Gasteiger partial charge in [-0.05, 0) is 24.1 Å². The van der Waals surface area contributed by atoms with E-state index in [1.807, 2.05) is 0 Å². The maximum Gasteiger partial charge on any atom is 0.253 e. The fourth-order valence-corrected chi connectivity index (χ4v) is 2.22. The first-order valence-corrected chi connectivity index (χ1v) is 6.91. The Balaban J connectivity index is 1.90. The number of benzene rings is 2. The van der Waals surface area contributed by atoms with Crippen LogP contribution in [0.25, 0.3) is 0 Å². The summed E-state index contributed by atoms with van der Waals surface area (Å²) in [5, 5.41) is 12.8. The molecule has 0 radical (unpaired) electrons. The van der Waals surface area contributed by atoms with Crippen molar-refractivity contribution in [1.29, 1.82) is 0 Å². The van der Waals surface area contributed by atoms with Gasteiger partial charge in [-0.25, -0.2) is 4.39 Å². The molecule has 1 amide bonds. The van der Waals surface area contributed by atoms with Crippen molar-refractivity contribution in [3.8, 4) is 0 Å². The van der Waals surface area contributed by atoms with Crippen molar-refractivity contribution in [3.05, 3.63) is 70.5 Å². The maximum absolute atomic E-state index is 13.6. The standard InChI is InChI=1S/C16H15ClFNO2/c17-13-7-4-8-14(18)12(13)9-10-19-16(21)15(20)11-5-2-1-3-6-11/h1-8,15,20H,9-10H2,(H,19,21). The lowest BCUT2D eigenvalue weighted by Crippen LogP contribution is -2.31. The van der Waals surface area contributed by atoms with Gasteiger partial charge in [0.15, 0.2) is 6.10 Å². The van der Waals surface area contributed by atoms with Gasteiger partial charge in [-0.3, -0.25) is 4.79 Å². The molecule has 0 aliphatic carbocycles. The summed E-state index contributed by atoms with van der Waals surface area (Å²) in [7, 11) is 0. The van der Waals surface area contributed by atoms with E-state index in [0.29, 0.717) is 16.1 Å². The van der Waals surface area contributed by atoms with Crippen molar-refractivity contribution in [3.63, 3.8) is 0 Å². The minimum Gasteiger partial charge on any atom is -0.378 e. The Labute approximate surface area is 127 Å². The van der Waals surface area contributed by atoms with E-state index < -0.39 is 17.8 Å². The molecule has 0 aromatic heterocycles. The lowest BCUT2D eigenvalue weighted by atomic mass is 10.1. The highest BCUT2D eigenvalue weighted by Gasteiger charge is 2.16. The van der Waals surface area contributed by atoms with Gasteiger partial charge in [0.1, 0.15) is 5.82 Å². The van der Waals surface area contributed by atoms with E-state index in [9.17, 15) is 14.3 Å². The van der Waals surface area contributed by atoms with Crippen molar-refractivity contribution in [1.82, 2.24) is 5.32 Å². The molecule has 5 heteroatoms. The van der Waals surface area contributed by atoms with E-state index in [-0.39, 0.29) is 13.0 Å². The summed E-state index contributed by atoms with van der Waals surface area (Å²) in [6.45, 7) is 0.198. The molecule has 21 heavy (non-hydrogen) atoms. The summed E-state index contributed by atoms with van der Waals surface area (Å²) >= 11 is 5.90. The van der Waals surface area contributed by atoms with E-state index in [2.05, 4.69) is 5.32 Å². The second kappa shape index (κ2) is 7.20. The average Bonchev–Trinajstić information content (AvgIpc) is 2.50. The van der Waals surface area contributed by atoms with Crippen molar-refractivity contribution in [2.45, 2.75) is 12.5 Å². The van der Waals surface area contributed by atoms with Crippen LogP contribution in [0.15, 0.2) is 48.5 Å². The first-order valence-electron chi connectivity index (χ1n) is 6.53. The Bertz CT molecular complexity index is 599. The zero-order chi connectivity index (χ0) is 15.2. The van der Waals surface area contributed by atoms with Crippen LogP contribution in [-0.2, 0) is 11.2 Å². The molecular weight excluding hydrogens is 293 g/mol. The quantitative estimate of drug-likeness (QED) is 0.892. The van der Waals surface area contributed by atoms with Gasteiger partial charge in [0.25, 0.3) is 5.91 Å². The van der Waals surface area contributed by atoms with Crippen LogP contribution in [0.3, 0.4) is 0 Å². The zero-order valence-electron chi connectivity index (χ0n) is 11.2. The van der Waals surface area contributed by atoms with Crippen LogP contribution >= 0.6 is 11.6 Å². The number of carbonyl (C=O) groups excluding carboxylic acids is 1. The SMILES string of the molecule is O=C(NCCc1c(F)cccc1Cl)C(O)c1ccccc1. The Morgan fingerprint density at radius 3 is 2.57 bits per heavy atom. The van der Waals surface area contributed by atoms with Crippen molar-refractivity contribution < 1.29 is 14.3 Å². The molecule has 0 spiro atoms. The van der Waals surface area contributed by atoms with Crippen LogP contribution in [0, 0.1) is 5.82 Å². The number of hydrogen-bond donors (Lipinski definition) is 2. The van der Waals surface area contributed by atoms with Crippen molar-refractivity contribution in [2.75, 3.05) is 6.54 Å². The van der Waals surface area contributed by atoms with Gasteiger partial charge >= 0.3 is 0 Å². The molecular formula is C16H15ClFNO2. The van der Waals surface area contributed by atoms with Gasteiger partial charge in [-0.2, -0.15) is 0 Å². The highest BCUT2D eigenvalue weighted by Crippen LogP contribution is 2.19. The fraction of sp³-hybridized carbons (Fsp3) is 0.188. The Hall–Kier alpha value is -1.91. The molecule has 1 unspecified atom stereocenters. The monoisotopic (exact) mass is 307 g/mol. The zero-order valence-corrected chi connectivity index (χ0v) is 12.0. The predicted molar refractivity (Wildman–Crippen MR) is 79.5 cm³/mol. The summed E-state index contributed by atoms with van der Waals surface area (Å²) in [6.07, 6.45) is -0.971. The molecule has 0 saturated heterocycles. The highest BCUT2D eigenvalue weighted by molar-refractivity contribution is 6.31. The predicted octanol–water partition coefficient (Wildman–Crippen LogP) is 2.87. The molecule has 0 bridgehead atoms. The lowest BCUT2D eigenvalue weighted by molar-refractivity contribution is -0.129. The van der Waals surface area contributed by atoms with E-state index in [4.69, 9.17) is 11.6 Å². The summed E-state index contributed by atoms with van der Waals surface area (Å²) < 4.78 is 13.6. The summed E-state index contributed by atoms with van der Waals surface area (Å²) in [5.41, 5.74) is 0.868. The molecule has 2 aromatic carbocycles. The fourth-order valence-electron chi connectivity index (χ4n) is 1.97. The molecule has 0 aliphatic heterocycles. The summed E-state index contributed by atoms with van der Waals surface area (Å²) in [5.74, 6) is -0.922. The number of hydrogen-bond acceptors (Lipinski definition) is 2. The first kappa shape index (κ1) is 15.5. The second-order valence-corrected chi connectivity index (χ2v) is 4.96. The Morgan fingerprint density at radius 2 is 1.90 bits per heavy atom. The maximum atomic E-state index is 13.6. The average molecular weight is 308 g/mol. The van der Waals surface area contributed by atoms with E-state index >= 15 is 0 Å². The third kappa shape index (κ3) is 4.03. The van der Waals surface area contributed by atoms with E-state index in [1.54, 1.807) is 36.4 Å². The number of rotatable bonds is 5. The lowest BCUT2D eigenvalue weighted by Gasteiger charge is -2.12. The summed E-state index contributed by atoms with van der Waals surface area (Å²) in [6, 6.07) is 13.1. The van der Waals surface area contributed by atoms with Crippen LogP contribution < -0.4 is 5.32 Å². The molecule has 0 heterocycles. The molecule has 1 atom stereocenters. The van der Waals surface area contributed by atoms with Gasteiger partial charge in [0, 0.05) is 17.1 Å². The Kier molecular flexibility index (Phi) is 5.31. The second-order valence-electron chi connectivity index (χ2n) is 4.55. The van der Waals surface area contributed by atoms with Gasteiger partial charge in [0.05, 0.1) is 0 Å². The van der Waals surface area contributed by atoms with E-state index in [1.165, 1.54) is 12.1 Å². The topological polar surface area (TPSA) is 49.3 Å². The summed E-state index contributed by atoms with van der Waals surface area (Å²) in [4.78, 5) is 11.8.